The fourth-order valence-electron chi connectivity index (χ4n) is 2.00. The number of hydrogen-bond acceptors (Lipinski definition) is 3. The SMILES string of the molecule is O=C(O)c1ncnn1CC1CCCC1. The summed E-state index contributed by atoms with van der Waals surface area (Å²) in [6.45, 7) is 0.696. The third-order valence-corrected chi connectivity index (χ3v) is 2.71. The van der Waals surface area contributed by atoms with E-state index in [-0.39, 0.29) is 5.82 Å². The van der Waals surface area contributed by atoms with Gasteiger partial charge in [-0.25, -0.2) is 14.5 Å². The minimum atomic E-state index is -1.000. The summed E-state index contributed by atoms with van der Waals surface area (Å²) < 4.78 is 1.50. The Bertz CT molecular complexity index is 329. The van der Waals surface area contributed by atoms with Crippen molar-refractivity contribution < 1.29 is 9.90 Å². The maximum Gasteiger partial charge on any atom is 0.373 e. The average molecular weight is 195 g/mol. The number of carbonyl (C=O) groups is 1. The minimum absolute atomic E-state index is 0.0527. The molecule has 0 aromatic carbocycles. The molecule has 1 heterocycles. The first-order valence-corrected chi connectivity index (χ1v) is 4.88. The Morgan fingerprint density at radius 1 is 1.57 bits per heavy atom. The van der Waals surface area contributed by atoms with Crippen LogP contribution >= 0.6 is 0 Å². The molecule has 76 valence electrons. The molecule has 1 aliphatic carbocycles. The van der Waals surface area contributed by atoms with Crippen molar-refractivity contribution in [1.29, 1.82) is 0 Å². The Morgan fingerprint density at radius 2 is 2.29 bits per heavy atom. The molecule has 0 bridgehead atoms. The maximum atomic E-state index is 10.7. The van der Waals surface area contributed by atoms with Gasteiger partial charge in [-0.2, -0.15) is 5.10 Å². The van der Waals surface area contributed by atoms with Crippen LogP contribution < -0.4 is 0 Å². The standard InChI is InChI=1S/C9H13N3O2/c13-9(14)8-10-6-11-12(8)5-7-3-1-2-4-7/h6-7H,1-5H2,(H,13,14). The summed E-state index contributed by atoms with van der Waals surface area (Å²) in [5.74, 6) is -0.368. The summed E-state index contributed by atoms with van der Waals surface area (Å²) in [6.07, 6.45) is 6.17. The van der Waals surface area contributed by atoms with E-state index in [1.807, 2.05) is 0 Å². The van der Waals surface area contributed by atoms with E-state index < -0.39 is 5.97 Å². The fourth-order valence-corrected chi connectivity index (χ4v) is 2.00. The highest BCUT2D eigenvalue weighted by molar-refractivity contribution is 5.83. The van der Waals surface area contributed by atoms with Crippen LogP contribution in [0.2, 0.25) is 0 Å². The lowest BCUT2D eigenvalue weighted by atomic mass is 10.1. The van der Waals surface area contributed by atoms with Gasteiger partial charge >= 0.3 is 5.97 Å². The predicted octanol–water partition coefficient (Wildman–Crippen LogP) is 1.17. The molecule has 1 N–H and O–H groups in total. The summed E-state index contributed by atoms with van der Waals surface area (Å²) in [4.78, 5) is 14.4. The molecule has 5 heteroatoms. The lowest BCUT2D eigenvalue weighted by molar-refractivity contribution is 0.0675. The molecule has 1 aliphatic rings. The third-order valence-electron chi connectivity index (χ3n) is 2.71. The summed E-state index contributed by atoms with van der Waals surface area (Å²) >= 11 is 0. The van der Waals surface area contributed by atoms with Crippen LogP contribution in [0.5, 0.6) is 0 Å². The van der Waals surface area contributed by atoms with Gasteiger partial charge in [0, 0.05) is 6.54 Å². The van der Waals surface area contributed by atoms with Crippen molar-refractivity contribution in [2.24, 2.45) is 5.92 Å². The molecule has 0 unspecified atom stereocenters. The molecule has 0 aliphatic heterocycles. The Hall–Kier alpha value is -1.39. The van der Waals surface area contributed by atoms with Crippen molar-refractivity contribution in [2.45, 2.75) is 32.2 Å². The molecule has 2 rings (SSSR count). The van der Waals surface area contributed by atoms with E-state index in [1.165, 1.54) is 36.7 Å². The second kappa shape index (κ2) is 3.77. The lowest BCUT2D eigenvalue weighted by Gasteiger charge is -2.08. The van der Waals surface area contributed by atoms with Crippen LogP contribution in [0.15, 0.2) is 6.33 Å². The van der Waals surface area contributed by atoms with Crippen LogP contribution in [0.3, 0.4) is 0 Å². The van der Waals surface area contributed by atoms with E-state index in [0.29, 0.717) is 12.5 Å². The van der Waals surface area contributed by atoms with Crippen LogP contribution in [0.1, 0.15) is 36.3 Å². The molecule has 0 saturated heterocycles. The van der Waals surface area contributed by atoms with Gasteiger partial charge < -0.3 is 5.11 Å². The molecule has 14 heavy (non-hydrogen) atoms. The zero-order valence-corrected chi connectivity index (χ0v) is 7.89. The molecule has 1 fully saturated rings. The van der Waals surface area contributed by atoms with E-state index in [0.717, 1.165) is 0 Å². The number of aromatic carboxylic acids is 1. The Labute approximate surface area is 81.8 Å². The van der Waals surface area contributed by atoms with Gasteiger partial charge in [0.2, 0.25) is 5.82 Å². The molecule has 5 nitrogen and oxygen atoms in total. The molecule has 0 atom stereocenters. The van der Waals surface area contributed by atoms with Crippen molar-refractivity contribution in [3.8, 4) is 0 Å². The van der Waals surface area contributed by atoms with Gasteiger partial charge in [0.15, 0.2) is 0 Å². The molecular formula is C9H13N3O2. The van der Waals surface area contributed by atoms with Gasteiger partial charge in [0.1, 0.15) is 6.33 Å². The van der Waals surface area contributed by atoms with E-state index in [1.54, 1.807) is 0 Å². The second-order valence-electron chi connectivity index (χ2n) is 3.72. The van der Waals surface area contributed by atoms with Gasteiger partial charge in [-0.15, -0.1) is 0 Å². The van der Waals surface area contributed by atoms with Crippen LogP contribution in [-0.4, -0.2) is 25.8 Å². The van der Waals surface area contributed by atoms with Gasteiger partial charge in [-0.3, -0.25) is 0 Å². The molecule has 0 radical (unpaired) electrons. The fraction of sp³-hybridized carbons (Fsp3) is 0.667. The number of aromatic nitrogens is 3. The van der Waals surface area contributed by atoms with Gasteiger partial charge in [0.25, 0.3) is 0 Å². The molecular weight excluding hydrogens is 182 g/mol. The third kappa shape index (κ3) is 1.76. The van der Waals surface area contributed by atoms with E-state index >= 15 is 0 Å². The number of nitrogens with zero attached hydrogens (tertiary/aromatic N) is 3. The van der Waals surface area contributed by atoms with Crippen molar-refractivity contribution in [3.63, 3.8) is 0 Å². The summed E-state index contributed by atoms with van der Waals surface area (Å²) in [6, 6.07) is 0. The Kier molecular flexibility index (Phi) is 2.47. The highest BCUT2D eigenvalue weighted by atomic mass is 16.4. The van der Waals surface area contributed by atoms with Gasteiger partial charge in [-0.1, -0.05) is 12.8 Å². The predicted molar refractivity (Wildman–Crippen MR) is 48.9 cm³/mol. The number of carboxylic acids is 1. The van der Waals surface area contributed by atoms with Crippen LogP contribution in [0.25, 0.3) is 0 Å². The van der Waals surface area contributed by atoms with Crippen molar-refractivity contribution >= 4 is 5.97 Å². The summed E-state index contributed by atoms with van der Waals surface area (Å²) in [7, 11) is 0. The number of rotatable bonds is 3. The maximum absolute atomic E-state index is 10.7. The van der Waals surface area contributed by atoms with Crippen molar-refractivity contribution in [3.05, 3.63) is 12.2 Å². The topological polar surface area (TPSA) is 68.0 Å². The van der Waals surface area contributed by atoms with Crippen molar-refractivity contribution in [1.82, 2.24) is 14.8 Å². The number of hydrogen-bond donors (Lipinski definition) is 1. The smallest absolute Gasteiger partial charge is 0.373 e. The molecule has 1 saturated carbocycles. The number of carboxylic acid groups (broad SMARTS) is 1. The zero-order chi connectivity index (χ0) is 9.97. The van der Waals surface area contributed by atoms with Gasteiger partial charge in [0.05, 0.1) is 0 Å². The second-order valence-corrected chi connectivity index (χ2v) is 3.72. The molecule has 0 spiro atoms. The summed E-state index contributed by atoms with van der Waals surface area (Å²) in [5.41, 5.74) is 0. The largest absolute Gasteiger partial charge is 0.475 e. The van der Waals surface area contributed by atoms with Crippen molar-refractivity contribution in [2.75, 3.05) is 0 Å². The van der Waals surface area contributed by atoms with E-state index in [2.05, 4.69) is 10.1 Å². The van der Waals surface area contributed by atoms with Gasteiger partial charge in [-0.05, 0) is 18.8 Å². The molecule has 0 amide bonds. The van der Waals surface area contributed by atoms with Crippen LogP contribution in [-0.2, 0) is 6.54 Å². The quantitative estimate of drug-likeness (QED) is 0.786. The zero-order valence-electron chi connectivity index (χ0n) is 7.89. The molecule has 1 aromatic heterocycles. The highest BCUT2D eigenvalue weighted by Gasteiger charge is 2.19. The first kappa shape index (κ1) is 9.18. The lowest BCUT2D eigenvalue weighted by Crippen LogP contribution is -2.15. The Morgan fingerprint density at radius 3 is 2.93 bits per heavy atom. The Balaban J connectivity index is 2.07. The van der Waals surface area contributed by atoms with E-state index in [9.17, 15) is 4.79 Å². The minimum Gasteiger partial charge on any atom is -0.475 e. The van der Waals surface area contributed by atoms with Crippen LogP contribution in [0.4, 0.5) is 0 Å². The first-order chi connectivity index (χ1) is 6.77. The normalized spacial score (nSPS) is 17.4. The summed E-state index contributed by atoms with van der Waals surface area (Å²) in [5, 5.41) is 12.7. The monoisotopic (exact) mass is 195 g/mol. The van der Waals surface area contributed by atoms with E-state index in [4.69, 9.17) is 5.11 Å². The highest BCUT2D eigenvalue weighted by Crippen LogP contribution is 2.25. The van der Waals surface area contributed by atoms with Crippen LogP contribution in [0, 0.1) is 5.92 Å². The average Bonchev–Trinajstić information content (AvgIpc) is 2.75. The molecule has 1 aromatic rings. The first-order valence-electron chi connectivity index (χ1n) is 4.88.